The predicted molar refractivity (Wildman–Crippen MR) is 127 cm³/mol. The number of fused-ring (bicyclic) bond motifs is 1. The van der Waals surface area contributed by atoms with Crippen molar-refractivity contribution in [3.05, 3.63) is 70.3 Å². The summed E-state index contributed by atoms with van der Waals surface area (Å²) in [4.78, 5) is 15.7. The number of Topliss-reactive ketones (excluding diaryl/α,β-unsaturated/α-hetero) is 1. The molecule has 0 radical (unpaired) electrons. The van der Waals surface area contributed by atoms with Gasteiger partial charge in [0.2, 0.25) is 0 Å². The van der Waals surface area contributed by atoms with E-state index < -0.39 is 0 Å². The maximum atomic E-state index is 13.4. The molecule has 1 aliphatic carbocycles. The molecule has 3 rings (SSSR count). The van der Waals surface area contributed by atoms with E-state index in [-0.39, 0.29) is 11.6 Å². The third-order valence-electron chi connectivity index (χ3n) is 6.84. The fourth-order valence-electron chi connectivity index (χ4n) is 4.58. The number of hydrogen-bond donors (Lipinski definition) is 0. The van der Waals surface area contributed by atoms with Crippen molar-refractivity contribution in [1.82, 2.24) is 4.90 Å². The zero-order valence-electron chi connectivity index (χ0n) is 19.6. The Balaban J connectivity index is 1.58. The normalized spacial score (nSPS) is 16.7. The van der Waals surface area contributed by atoms with Gasteiger partial charge in [-0.3, -0.25) is 9.69 Å². The van der Waals surface area contributed by atoms with Crippen molar-refractivity contribution in [2.24, 2.45) is 0 Å². The lowest BCUT2D eigenvalue weighted by Gasteiger charge is -2.40. The summed E-state index contributed by atoms with van der Waals surface area (Å²) in [5.74, 6) is 0.334. The number of carbonyl (C=O) groups excluding carboxylic acids is 1. The molecule has 0 saturated carbocycles. The van der Waals surface area contributed by atoms with E-state index >= 15 is 0 Å². The topological polar surface area (TPSA) is 20.3 Å². The molecule has 0 N–H and O–H groups in total. The number of hydrogen-bond acceptors (Lipinski definition) is 2. The molecule has 2 nitrogen and oxygen atoms in total. The van der Waals surface area contributed by atoms with Gasteiger partial charge in [0, 0.05) is 11.1 Å². The number of ketones is 1. The van der Waals surface area contributed by atoms with Gasteiger partial charge in [0.05, 0.1) is 6.04 Å². The number of likely N-dealkylation sites (N-methyl/N-ethyl adjacent to an activating group) is 1. The van der Waals surface area contributed by atoms with E-state index in [1.54, 1.807) is 0 Å². The number of nitrogens with zero attached hydrogens (tertiary/aromatic N) is 1. The molecule has 2 aromatic rings. The lowest BCUT2D eigenvalue weighted by Crippen LogP contribution is -2.50. The molecule has 0 aromatic heterocycles. The van der Waals surface area contributed by atoms with Crippen molar-refractivity contribution in [3.63, 3.8) is 0 Å². The number of aryl methyl sites for hydroxylation is 4. The van der Waals surface area contributed by atoms with E-state index in [2.05, 4.69) is 82.1 Å². The van der Waals surface area contributed by atoms with Crippen LogP contribution >= 0.6 is 0 Å². The zero-order chi connectivity index (χ0) is 21.7. The number of unbranched alkanes of at least 4 members (excludes halogenated alkanes) is 2. The summed E-state index contributed by atoms with van der Waals surface area (Å²) >= 11 is 0. The minimum Gasteiger partial charge on any atom is -0.292 e. The maximum absolute atomic E-state index is 13.4. The van der Waals surface area contributed by atoms with Crippen molar-refractivity contribution in [2.75, 3.05) is 7.05 Å². The molecule has 162 valence electrons. The summed E-state index contributed by atoms with van der Waals surface area (Å²) in [7, 11) is 2.10. The van der Waals surface area contributed by atoms with Gasteiger partial charge in [-0.15, -0.1) is 0 Å². The molecule has 0 amide bonds. The largest absolute Gasteiger partial charge is 0.292 e. The van der Waals surface area contributed by atoms with E-state index in [9.17, 15) is 4.79 Å². The SMILES string of the molecule is CCc1ccc(CCCCCc2cccc3c2C(=O)C(N(C)C(C)(C)C)CC3)cc1. The molecule has 0 spiro atoms. The second kappa shape index (κ2) is 9.92. The molecular formula is C28H39NO. The molecule has 1 atom stereocenters. The average molecular weight is 406 g/mol. The first-order valence-corrected chi connectivity index (χ1v) is 11.8. The highest BCUT2D eigenvalue weighted by Crippen LogP contribution is 2.30. The fraction of sp³-hybridized carbons (Fsp3) is 0.536. The monoisotopic (exact) mass is 405 g/mol. The lowest BCUT2D eigenvalue weighted by atomic mass is 9.81. The average Bonchev–Trinajstić information content (AvgIpc) is 2.73. The molecule has 0 bridgehead atoms. The minimum absolute atomic E-state index is 0.00209. The molecule has 0 fully saturated rings. The van der Waals surface area contributed by atoms with E-state index in [1.807, 2.05) is 0 Å². The van der Waals surface area contributed by atoms with E-state index in [1.165, 1.54) is 35.1 Å². The Hall–Kier alpha value is -1.93. The molecular weight excluding hydrogens is 366 g/mol. The number of rotatable bonds is 8. The van der Waals surface area contributed by atoms with E-state index in [0.29, 0.717) is 5.78 Å². The minimum atomic E-state index is 0.00209. The van der Waals surface area contributed by atoms with E-state index in [4.69, 9.17) is 0 Å². The van der Waals surface area contributed by atoms with Crippen LogP contribution in [0.25, 0.3) is 0 Å². The molecule has 30 heavy (non-hydrogen) atoms. The van der Waals surface area contributed by atoms with Crippen LogP contribution in [0.4, 0.5) is 0 Å². The standard InChI is InChI=1S/C28H39NO/c1-6-21-15-17-22(18-16-21)11-8-7-9-12-23-13-10-14-24-19-20-25(27(30)26(23)24)29(5)28(2,3)4/h10,13-18,25H,6-9,11-12,19-20H2,1-5H3. The number of benzene rings is 2. The van der Waals surface area contributed by atoms with Gasteiger partial charge in [-0.25, -0.2) is 0 Å². The van der Waals surface area contributed by atoms with Crippen LogP contribution in [0.2, 0.25) is 0 Å². The van der Waals surface area contributed by atoms with Crippen molar-refractivity contribution in [3.8, 4) is 0 Å². The highest BCUT2D eigenvalue weighted by Gasteiger charge is 2.35. The predicted octanol–water partition coefficient (Wildman–Crippen LogP) is 6.43. The van der Waals surface area contributed by atoms with Crippen molar-refractivity contribution >= 4 is 5.78 Å². The van der Waals surface area contributed by atoms with Crippen molar-refractivity contribution < 1.29 is 4.79 Å². The Morgan fingerprint density at radius 3 is 2.27 bits per heavy atom. The van der Waals surface area contributed by atoms with Crippen LogP contribution in [0.3, 0.4) is 0 Å². The zero-order valence-corrected chi connectivity index (χ0v) is 19.6. The quantitative estimate of drug-likeness (QED) is 0.472. The maximum Gasteiger partial charge on any atom is 0.180 e. The summed E-state index contributed by atoms with van der Waals surface area (Å²) in [5, 5.41) is 0. The summed E-state index contributed by atoms with van der Waals surface area (Å²) in [5.41, 5.74) is 6.39. The summed E-state index contributed by atoms with van der Waals surface area (Å²) in [6, 6.07) is 15.5. The van der Waals surface area contributed by atoms with Crippen molar-refractivity contribution in [1.29, 1.82) is 0 Å². The van der Waals surface area contributed by atoms with Gasteiger partial charge in [0.15, 0.2) is 5.78 Å². The lowest BCUT2D eigenvalue weighted by molar-refractivity contribution is 0.0653. The van der Waals surface area contributed by atoms with Crippen LogP contribution in [-0.4, -0.2) is 29.3 Å². The highest BCUT2D eigenvalue weighted by atomic mass is 16.1. The van der Waals surface area contributed by atoms with Gasteiger partial charge >= 0.3 is 0 Å². The molecule has 0 saturated heterocycles. The molecule has 1 unspecified atom stereocenters. The Kier molecular flexibility index (Phi) is 7.52. The Labute approximate surface area is 183 Å². The van der Waals surface area contributed by atoms with Crippen LogP contribution in [0.5, 0.6) is 0 Å². The summed E-state index contributed by atoms with van der Waals surface area (Å²) in [6.07, 6.45) is 8.77. The van der Waals surface area contributed by atoms with Crippen LogP contribution in [-0.2, 0) is 25.7 Å². The Morgan fingerprint density at radius 2 is 1.60 bits per heavy atom. The van der Waals surface area contributed by atoms with Crippen LogP contribution in [0, 0.1) is 0 Å². The van der Waals surface area contributed by atoms with Crippen LogP contribution < -0.4 is 0 Å². The van der Waals surface area contributed by atoms with Gasteiger partial charge in [0.25, 0.3) is 0 Å². The third-order valence-corrected chi connectivity index (χ3v) is 6.84. The van der Waals surface area contributed by atoms with Crippen LogP contribution in [0.1, 0.15) is 86.0 Å². The molecule has 2 aromatic carbocycles. The Bertz CT molecular complexity index is 844. The molecule has 1 aliphatic rings. The van der Waals surface area contributed by atoms with Gasteiger partial charge in [-0.2, -0.15) is 0 Å². The first-order chi connectivity index (χ1) is 14.3. The Morgan fingerprint density at radius 1 is 0.933 bits per heavy atom. The first-order valence-electron chi connectivity index (χ1n) is 11.8. The first kappa shape index (κ1) is 22.7. The summed E-state index contributed by atoms with van der Waals surface area (Å²) in [6.45, 7) is 8.78. The van der Waals surface area contributed by atoms with Gasteiger partial charge in [0.1, 0.15) is 0 Å². The molecule has 0 heterocycles. The number of carbonyl (C=O) groups is 1. The van der Waals surface area contributed by atoms with Crippen molar-refractivity contribution in [2.45, 2.75) is 90.6 Å². The summed E-state index contributed by atoms with van der Waals surface area (Å²) < 4.78 is 0. The van der Waals surface area contributed by atoms with E-state index in [0.717, 1.165) is 44.1 Å². The molecule has 2 heteroatoms. The van der Waals surface area contributed by atoms with Crippen LogP contribution in [0.15, 0.2) is 42.5 Å². The smallest absolute Gasteiger partial charge is 0.180 e. The highest BCUT2D eigenvalue weighted by molar-refractivity contribution is 6.03. The second-order valence-electron chi connectivity index (χ2n) is 9.88. The third kappa shape index (κ3) is 5.40. The second-order valence-corrected chi connectivity index (χ2v) is 9.88. The van der Waals surface area contributed by atoms with Gasteiger partial charge in [-0.05, 0) is 95.0 Å². The fourth-order valence-corrected chi connectivity index (χ4v) is 4.58. The van der Waals surface area contributed by atoms with Gasteiger partial charge in [-0.1, -0.05) is 55.8 Å². The molecule has 0 aliphatic heterocycles. The van der Waals surface area contributed by atoms with Gasteiger partial charge < -0.3 is 0 Å².